The van der Waals surface area contributed by atoms with Gasteiger partial charge < -0.3 is 24.8 Å². The van der Waals surface area contributed by atoms with E-state index in [2.05, 4.69) is 4.79 Å². The largest absolute Gasteiger partial charge is 0.391 e. The number of aliphatic hydroxyl groups is 1. The number of ether oxygens (including phenoxy) is 3. The zero-order valence-electron chi connectivity index (χ0n) is 19.1. The number of Topliss-reactive ketones (excluding diaryl/α,β-unsaturated/α-hetero) is 1. The van der Waals surface area contributed by atoms with Gasteiger partial charge in [-0.15, -0.1) is 0 Å². The van der Waals surface area contributed by atoms with Crippen molar-refractivity contribution < 1.29 is 41.5 Å². The minimum absolute atomic E-state index is 0.108. The van der Waals surface area contributed by atoms with Gasteiger partial charge in [-0.2, -0.15) is 13.2 Å². The van der Waals surface area contributed by atoms with Crippen molar-refractivity contribution in [3.8, 4) is 0 Å². The number of fused-ring (bicyclic) bond motifs is 1. The van der Waals surface area contributed by atoms with Crippen molar-refractivity contribution in [3.05, 3.63) is 40.9 Å². The highest BCUT2D eigenvalue weighted by atomic mass is 32.2. The molecule has 1 aliphatic rings. The van der Waals surface area contributed by atoms with Gasteiger partial charge in [0, 0.05) is 17.2 Å². The lowest BCUT2D eigenvalue weighted by Crippen LogP contribution is -2.28. The monoisotopic (exact) mass is 482 g/mol. The van der Waals surface area contributed by atoms with Crippen molar-refractivity contribution >= 4 is 27.7 Å². The number of hydrogen-bond donors (Lipinski definition) is 1. The molecular formula is C22H30N2O8S. The first kappa shape index (κ1) is 27.0. The molecule has 1 aliphatic carbocycles. The van der Waals surface area contributed by atoms with Crippen LogP contribution in [0.15, 0.2) is 29.2 Å². The molecular weight excluding hydrogens is 452 g/mol. The van der Waals surface area contributed by atoms with E-state index in [1.807, 2.05) is 13.8 Å². The van der Waals surface area contributed by atoms with Gasteiger partial charge in [-0.1, -0.05) is 12.1 Å². The molecule has 1 N–H and O–H groups in total. The molecule has 4 unspecified atom stereocenters. The molecule has 0 spiro atoms. The highest BCUT2D eigenvalue weighted by Gasteiger charge is 2.30. The Balaban J connectivity index is 1.87. The molecule has 0 amide bonds. The number of allylic oxidation sites excluding steroid dienone is 1. The Morgan fingerprint density at radius 1 is 0.939 bits per heavy atom. The topological polar surface area (TPSA) is 145 Å². The summed E-state index contributed by atoms with van der Waals surface area (Å²) in [5, 5.41) is 9.22. The molecule has 182 valence electrons. The first-order valence-electron chi connectivity index (χ1n) is 10.5. The molecule has 33 heavy (non-hydrogen) atoms. The molecule has 1 aromatic rings. The van der Waals surface area contributed by atoms with Gasteiger partial charge in [0.1, 0.15) is 4.90 Å². The normalized spacial score (nSPS) is 17.2. The van der Waals surface area contributed by atoms with Crippen LogP contribution in [-0.2, 0) is 28.5 Å². The Morgan fingerprint density at radius 3 is 2.09 bits per heavy atom. The van der Waals surface area contributed by atoms with Gasteiger partial charge in [0.05, 0.1) is 50.8 Å². The average Bonchev–Trinajstić information content (AvgIpc) is 2.78. The van der Waals surface area contributed by atoms with Crippen LogP contribution in [0.5, 0.6) is 0 Å². The summed E-state index contributed by atoms with van der Waals surface area (Å²) < 4.78 is 47.3. The summed E-state index contributed by atoms with van der Waals surface area (Å²) in [6.45, 7) is 7.49. The third-order valence-electron chi connectivity index (χ3n) is 4.64. The third-order valence-corrected chi connectivity index (χ3v) is 5.98. The lowest BCUT2D eigenvalue weighted by Gasteiger charge is -2.20. The molecule has 0 saturated carbocycles. The van der Waals surface area contributed by atoms with Crippen molar-refractivity contribution in [1.82, 2.24) is 0 Å². The summed E-state index contributed by atoms with van der Waals surface area (Å²) in [7, 11) is -4.17. The van der Waals surface area contributed by atoms with Gasteiger partial charge in [-0.3, -0.25) is 8.98 Å². The van der Waals surface area contributed by atoms with Gasteiger partial charge in [0.15, 0.2) is 0 Å². The fraction of sp³-hybridized carbons (Fsp3) is 0.545. The number of benzene rings is 1. The maximum atomic E-state index is 12.7. The second-order valence-corrected chi connectivity index (χ2v) is 9.47. The zero-order valence-corrected chi connectivity index (χ0v) is 19.9. The van der Waals surface area contributed by atoms with E-state index in [0.29, 0.717) is 6.61 Å². The zero-order chi connectivity index (χ0) is 24.6. The SMILES string of the molecule is CC(O)COC(C)COC(C)COC(C)COS(=O)(=O)c1cccc2c1C=CC(=[N+]=[N-])C2=O. The van der Waals surface area contributed by atoms with E-state index in [4.69, 9.17) is 23.9 Å². The van der Waals surface area contributed by atoms with Crippen LogP contribution in [0, 0.1) is 0 Å². The smallest absolute Gasteiger partial charge is 0.362 e. The number of carbonyl (C=O) groups is 1. The molecule has 1 aromatic carbocycles. The summed E-state index contributed by atoms with van der Waals surface area (Å²) in [6.07, 6.45) is 1.10. The minimum atomic E-state index is -4.17. The molecule has 11 heteroatoms. The summed E-state index contributed by atoms with van der Waals surface area (Å²) in [5.74, 6) is -0.580. The van der Waals surface area contributed by atoms with E-state index in [-0.39, 0.29) is 53.8 Å². The summed E-state index contributed by atoms with van der Waals surface area (Å²) in [6, 6.07) is 4.22. The van der Waals surface area contributed by atoms with Crippen molar-refractivity contribution in [1.29, 1.82) is 0 Å². The Kier molecular flexibility index (Phi) is 10.1. The predicted molar refractivity (Wildman–Crippen MR) is 119 cm³/mol. The number of aliphatic hydroxyl groups excluding tert-OH is 1. The number of carbonyl (C=O) groups excluding carboxylic acids is 1. The Morgan fingerprint density at radius 2 is 1.52 bits per heavy atom. The highest BCUT2D eigenvalue weighted by molar-refractivity contribution is 7.86. The second-order valence-electron chi connectivity index (χ2n) is 7.88. The summed E-state index contributed by atoms with van der Waals surface area (Å²) in [5.41, 5.74) is 9.00. The maximum Gasteiger partial charge on any atom is 0.362 e. The van der Waals surface area contributed by atoms with Gasteiger partial charge >= 0.3 is 5.71 Å². The Bertz CT molecular complexity index is 1020. The van der Waals surface area contributed by atoms with Crippen LogP contribution in [0.1, 0.15) is 43.6 Å². The average molecular weight is 483 g/mol. The standard InChI is InChI=1S/C22H30N2O8S/c1-14(25)10-29-15(2)11-30-16(3)12-31-17(4)13-32-33(27,28)21-7-5-6-19-18(21)8-9-20(24-23)22(19)26/h5-9,14-17,25H,10-13H2,1-4H3. The van der Waals surface area contributed by atoms with Crippen molar-refractivity contribution in [3.63, 3.8) is 0 Å². The third kappa shape index (κ3) is 7.94. The first-order valence-corrected chi connectivity index (χ1v) is 12.0. The van der Waals surface area contributed by atoms with E-state index in [1.165, 1.54) is 30.4 Å². The molecule has 0 saturated heterocycles. The fourth-order valence-electron chi connectivity index (χ4n) is 2.88. The van der Waals surface area contributed by atoms with E-state index < -0.39 is 28.1 Å². The van der Waals surface area contributed by atoms with Crippen molar-refractivity contribution in [2.24, 2.45) is 0 Å². The van der Waals surface area contributed by atoms with Crippen LogP contribution < -0.4 is 0 Å². The molecule has 0 heterocycles. The van der Waals surface area contributed by atoms with Crippen LogP contribution in [0.4, 0.5) is 0 Å². The Hall–Kier alpha value is -2.24. The van der Waals surface area contributed by atoms with Gasteiger partial charge in [0.25, 0.3) is 15.9 Å². The van der Waals surface area contributed by atoms with Crippen molar-refractivity contribution in [2.75, 3.05) is 26.4 Å². The lowest BCUT2D eigenvalue weighted by atomic mass is 9.95. The quantitative estimate of drug-likeness (QED) is 0.255. The number of ketones is 1. The van der Waals surface area contributed by atoms with Crippen LogP contribution >= 0.6 is 0 Å². The van der Waals surface area contributed by atoms with Gasteiger partial charge in [0.2, 0.25) is 0 Å². The van der Waals surface area contributed by atoms with Crippen LogP contribution in [0.3, 0.4) is 0 Å². The van der Waals surface area contributed by atoms with Crippen LogP contribution in [0.2, 0.25) is 0 Å². The van der Waals surface area contributed by atoms with Gasteiger partial charge in [-0.05, 0) is 39.8 Å². The van der Waals surface area contributed by atoms with E-state index in [1.54, 1.807) is 13.8 Å². The fourth-order valence-corrected chi connectivity index (χ4v) is 4.07. The molecule has 4 atom stereocenters. The van der Waals surface area contributed by atoms with Crippen LogP contribution in [-0.4, -0.2) is 80.7 Å². The Labute approximate surface area is 193 Å². The minimum Gasteiger partial charge on any atom is -0.391 e. The summed E-state index contributed by atoms with van der Waals surface area (Å²) in [4.78, 5) is 15.0. The number of hydrogen-bond acceptors (Lipinski definition) is 8. The number of nitrogens with zero attached hydrogens (tertiary/aromatic N) is 2. The second kappa shape index (κ2) is 12.3. The molecule has 0 bridgehead atoms. The molecule has 0 aromatic heterocycles. The van der Waals surface area contributed by atoms with Crippen LogP contribution in [0.25, 0.3) is 11.6 Å². The molecule has 0 radical (unpaired) electrons. The maximum absolute atomic E-state index is 12.7. The van der Waals surface area contributed by atoms with E-state index >= 15 is 0 Å². The lowest BCUT2D eigenvalue weighted by molar-refractivity contribution is -0.0812. The molecule has 0 fully saturated rings. The van der Waals surface area contributed by atoms with E-state index in [0.717, 1.165) is 0 Å². The first-order chi connectivity index (χ1) is 15.5. The predicted octanol–water partition coefficient (Wildman–Crippen LogP) is 1.87. The number of rotatable bonds is 13. The molecule has 2 rings (SSSR count). The van der Waals surface area contributed by atoms with Crippen molar-refractivity contribution in [2.45, 2.75) is 57.0 Å². The van der Waals surface area contributed by atoms with E-state index in [9.17, 15) is 18.3 Å². The summed E-state index contributed by atoms with van der Waals surface area (Å²) >= 11 is 0. The van der Waals surface area contributed by atoms with Gasteiger partial charge in [-0.25, -0.2) is 0 Å². The molecule has 10 nitrogen and oxygen atoms in total. The molecule has 0 aliphatic heterocycles. The highest BCUT2D eigenvalue weighted by Crippen LogP contribution is 2.26.